The van der Waals surface area contributed by atoms with E-state index in [1.807, 2.05) is 29.8 Å². The number of aromatic nitrogens is 4. The van der Waals surface area contributed by atoms with E-state index in [4.69, 9.17) is 4.74 Å². The van der Waals surface area contributed by atoms with Crippen LogP contribution in [0.25, 0.3) is 0 Å². The van der Waals surface area contributed by atoms with Gasteiger partial charge in [-0.1, -0.05) is 6.07 Å². The Morgan fingerprint density at radius 1 is 1.40 bits per heavy atom. The highest BCUT2D eigenvalue weighted by Crippen LogP contribution is 2.13. The summed E-state index contributed by atoms with van der Waals surface area (Å²) in [5.41, 5.74) is 2.01. The lowest BCUT2D eigenvalue weighted by Gasteiger charge is -2.25. The number of pyridine rings is 1. The summed E-state index contributed by atoms with van der Waals surface area (Å²) in [5, 5.41) is 11.3. The predicted octanol–water partition coefficient (Wildman–Crippen LogP) is 0.808. The molecule has 8 nitrogen and oxygen atoms in total. The maximum Gasteiger partial charge on any atom is 0.191 e. The maximum absolute atomic E-state index is 5.11. The molecule has 0 bridgehead atoms. The van der Waals surface area contributed by atoms with E-state index in [9.17, 15) is 0 Å². The van der Waals surface area contributed by atoms with Gasteiger partial charge in [0.05, 0.1) is 18.8 Å². The van der Waals surface area contributed by atoms with E-state index in [0.717, 1.165) is 48.4 Å². The highest BCUT2D eigenvalue weighted by atomic mass is 16.5. The summed E-state index contributed by atoms with van der Waals surface area (Å²) in [6.07, 6.45) is 1.89. The molecule has 0 amide bonds. The number of fused-ring (bicyclic) bond motifs is 1. The van der Waals surface area contributed by atoms with Crippen molar-refractivity contribution in [3.63, 3.8) is 0 Å². The Bertz CT molecular complexity index is 740. The fourth-order valence-electron chi connectivity index (χ4n) is 2.93. The quantitative estimate of drug-likeness (QED) is 0.617. The number of nitrogens with one attached hydrogen (secondary N) is 2. The third-order valence-corrected chi connectivity index (χ3v) is 4.12. The van der Waals surface area contributed by atoms with Crippen LogP contribution >= 0.6 is 0 Å². The van der Waals surface area contributed by atoms with Crippen LogP contribution < -0.4 is 10.6 Å². The molecule has 2 N–H and O–H groups in total. The zero-order valence-electron chi connectivity index (χ0n) is 15.0. The van der Waals surface area contributed by atoms with Gasteiger partial charge in [0.2, 0.25) is 0 Å². The molecule has 0 aliphatic carbocycles. The zero-order chi connectivity index (χ0) is 17.6. The van der Waals surface area contributed by atoms with Gasteiger partial charge in [0.25, 0.3) is 0 Å². The van der Waals surface area contributed by atoms with Crippen LogP contribution in [-0.4, -0.2) is 45.9 Å². The number of hydrogen-bond donors (Lipinski definition) is 2. The fourth-order valence-corrected chi connectivity index (χ4v) is 2.93. The second-order valence-corrected chi connectivity index (χ2v) is 6.14. The van der Waals surface area contributed by atoms with Gasteiger partial charge in [0, 0.05) is 32.3 Å². The molecule has 0 aromatic carbocycles. The average molecular weight is 343 g/mol. The summed E-state index contributed by atoms with van der Waals surface area (Å²) in [7, 11) is 3.43. The second-order valence-electron chi connectivity index (χ2n) is 6.14. The molecule has 0 saturated heterocycles. The van der Waals surface area contributed by atoms with E-state index in [2.05, 4.69) is 30.7 Å². The number of aliphatic imine (C=N–C) groups is 1. The molecule has 1 unspecified atom stereocenters. The highest BCUT2D eigenvalue weighted by molar-refractivity contribution is 5.79. The molecular weight excluding hydrogens is 318 g/mol. The van der Waals surface area contributed by atoms with E-state index in [1.165, 1.54) is 0 Å². The maximum atomic E-state index is 5.11. The molecule has 1 aliphatic rings. The van der Waals surface area contributed by atoms with Crippen molar-refractivity contribution in [1.82, 2.24) is 30.4 Å². The number of methoxy groups -OCH3 is 1. The third-order valence-electron chi connectivity index (χ3n) is 4.12. The summed E-state index contributed by atoms with van der Waals surface area (Å²) in [6, 6.07) is 6.28. The average Bonchev–Trinajstić information content (AvgIpc) is 3.00. The van der Waals surface area contributed by atoms with Crippen LogP contribution in [0, 0.1) is 6.92 Å². The Morgan fingerprint density at radius 3 is 3.04 bits per heavy atom. The number of nitrogens with zero attached hydrogens (tertiary/aromatic N) is 5. The summed E-state index contributed by atoms with van der Waals surface area (Å²) in [6.45, 7) is 3.85. The molecule has 8 heteroatoms. The molecule has 0 saturated carbocycles. The van der Waals surface area contributed by atoms with Crippen molar-refractivity contribution in [2.45, 2.75) is 45.5 Å². The number of ether oxygens (including phenoxy) is 1. The lowest BCUT2D eigenvalue weighted by atomic mass is 10.1. The largest absolute Gasteiger partial charge is 0.377 e. The van der Waals surface area contributed by atoms with Crippen LogP contribution in [0.1, 0.15) is 29.5 Å². The molecule has 2 aromatic heterocycles. The normalized spacial score (nSPS) is 17.2. The fraction of sp³-hybridized carbons (Fsp3) is 0.529. The van der Waals surface area contributed by atoms with Crippen LogP contribution in [0.3, 0.4) is 0 Å². The van der Waals surface area contributed by atoms with Crippen molar-refractivity contribution in [2.24, 2.45) is 4.99 Å². The Kier molecular flexibility index (Phi) is 5.60. The Labute approximate surface area is 147 Å². The van der Waals surface area contributed by atoms with Gasteiger partial charge in [-0.3, -0.25) is 9.98 Å². The first kappa shape index (κ1) is 17.3. The van der Waals surface area contributed by atoms with Crippen LogP contribution in [0.15, 0.2) is 23.2 Å². The smallest absolute Gasteiger partial charge is 0.191 e. The Hall–Kier alpha value is -2.48. The summed E-state index contributed by atoms with van der Waals surface area (Å²) in [5.74, 6) is 2.54. The minimum Gasteiger partial charge on any atom is -0.377 e. The highest BCUT2D eigenvalue weighted by Gasteiger charge is 2.22. The summed E-state index contributed by atoms with van der Waals surface area (Å²) in [4.78, 5) is 13.3. The van der Waals surface area contributed by atoms with Crippen LogP contribution in [-0.2, 0) is 30.9 Å². The summed E-state index contributed by atoms with van der Waals surface area (Å²) < 4.78 is 7.07. The predicted molar refractivity (Wildman–Crippen MR) is 95.2 cm³/mol. The molecule has 0 spiro atoms. The first-order valence-electron chi connectivity index (χ1n) is 8.49. The minimum atomic E-state index is 0.265. The van der Waals surface area contributed by atoms with E-state index in [0.29, 0.717) is 13.2 Å². The van der Waals surface area contributed by atoms with Gasteiger partial charge < -0.3 is 15.4 Å². The molecule has 2 aromatic rings. The zero-order valence-corrected chi connectivity index (χ0v) is 15.0. The number of guanidine groups is 1. The van der Waals surface area contributed by atoms with Crippen molar-refractivity contribution < 1.29 is 4.74 Å². The Morgan fingerprint density at radius 2 is 2.28 bits per heavy atom. The Balaban J connectivity index is 1.55. The van der Waals surface area contributed by atoms with Gasteiger partial charge in [-0.15, -0.1) is 0 Å². The standard InChI is InChI=1S/C17H25N7O/c1-12-5-4-6-13(20-12)9-19-17(18-2)21-14-7-8-16-22-15(11-25-3)23-24(16)10-14/h4-6,14H,7-11H2,1-3H3,(H2,18,19,21). The van der Waals surface area contributed by atoms with Gasteiger partial charge in [-0.25, -0.2) is 9.67 Å². The van der Waals surface area contributed by atoms with E-state index in [1.54, 1.807) is 14.2 Å². The minimum absolute atomic E-state index is 0.265. The lowest BCUT2D eigenvalue weighted by molar-refractivity contribution is 0.177. The van der Waals surface area contributed by atoms with Gasteiger partial charge in [-0.05, 0) is 25.5 Å². The van der Waals surface area contributed by atoms with Crippen LogP contribution in [0.5, 0.6) is 0 Å². The van der Waals surface area contributed by atoms with Crippen LogP contribution in [0.2, 0.25) is 0 Å². The molecular formula is C17H25N7O. The lowest BCUT2D eigenvalue weighted by Crippen LogP contribution is -2.46. The molecule has 3 rings (SSSR count). The second kappa shape index (κ2) is 8.06. The van der Waals surface area contributed by atoms with Crippen molar-refractivity contribution in [2.75, 3.05) is 14.2 Å². The van der Waals surface area contributed by atoms with E-state index in [-0.39, 0.29) is 6.04 Å². The number of hydrogen-bond acceptors (Lipinski definition) is 5. The van der Waals surface area contributed by atoms with E-state index < -0.39 is 0 Å². The summed E-state index contributed by atoms with van der Waals surface area (Å²) >= 11 is 0. The molecule has 0 radical (unpaired) electrons. The van der Waals surface area contributed by atoms with E-state index >= 15 is 0 Å². The van der Waals surface area contributed by atoms with Gasteiger partial charge in [-0.2, -0.15) is 5.10 Å². The van der Waals surface area contributed by atoms with Gasteiger partial charge >= 0.3 is 0 Å². The van der Waals surface area contributed by atoms with Gasteiger partial charge in [0.1, 0.15) is 12.4 Å². The van der Waals surface area contributed by atoms with Crippen molar-refractivity contribution in [3.8, 4) is 0 Å². The molecule has 25 heavy (non-hydrogen) atoms. The topological polar surface area (TPSA) is 89.2 Å². The van der Waals surface area contributed by atoms with Crippen LogP contribution in [0.4, 0.5) is 0 Å². The molecule has 1 atom stereocenters. The van der Waals surface area contributed by atoms with Crippen molar-refractivity contribution in [1.29, 1.82) is 0 Å². The molecule has 134 valence electrons. The third kappa shape index (κ3) is 4.54. The molecule has 3 heterocycles. The SMILES string of the molecule is CN=C(NCc1cccc(C)n1)NC1CCc2nc(COC)nn2C1. The monoisotopic (exact) mass is 343 g/mol. The van der Waals surface area contributed by atoms with Crippen molar-refractivity contribution >= 4 is 5.96 Å². The number of aryl methyl sites for hydroxylation is 2. The molecule has 0 fully saturated rings. The first-order chi connectivity index (χ1) is 12.2. The van der Waals surface area contributed by atoms with Crippen molar-refractivity contribution in [3.05, 3.63) is 41.2 Å². The molecule has 1 aliphatic heterocycles. The first-order valence-corrected chi connectivity index (χ1v) is 8.49. The van der Waals surface area contributed by atoms with Gasteiger partial charge in [0.15, 0.2) is 11.8 Å². The number of rotatable bonds is 5.